The summed E-state index contributed by atoms with van der Waals surface area (Å²) in [7, 11) is 1.70. The number of nitrogen functional groups attached to an aromatic ring is 1. The molecule has 2 aliphatic heterocycles. The van der Waals surface area contributed by atoms with Crippen LogP contribution in [0.15, 0.2) is 32.4 Å². The van der Waals surface area contributed by atoms with Gasteiger partial charge in [-0.3, -0.25) is 9.58 Å². The van der Waals surface area contributed by atoms with Crippen LogP contribution in [0.3, 0.4) is 0 Å². The Labute approximate surface area is 147 Å². The van der Waals surface area contributed by atoms with E-state index < -0.39 is 0 Å². The summed E-state index contributed by atoms with van der Waals surface area (Å²) in [6.45, 7) is 0.596. The maximum absolute atomic E-state index is 11.7. The van der Waals surface area contributed by atoms with Crippen molar-refractivity contribution in [2.45, 2.75) is 24.0 Å². The molecule has 3 N–H and O–H groups in total. The summed E-state index contributed by atoms with van der Waals surface area (Å²) in [5.74, 6) is 1.79. The van der Waals surface area contributed by atoms with Crippen LogP contribution in [0.2, 0.25) is 0 Å². The molecule has 0 bridgehead atoms. The predicted molar refractivity (Wildman–Crippen MR) is 95.3 cm³/mol. The molecule has 2 aromatic heterocycles. The second-order valence-electron chi connectivity index (χ2n) is 6.26. The lowest BCUT2D eigenvalue weighted by Gasteiger charge is -2.20. The molecule has 0 saturated carbocycles. The van der Waals surface area contributed by atoms with Crippen molar-refractivity contribution in [3.05, 3.63) is 39.9 Å². The molecule has 1 atom stereocenters. The molecular weight excluding hydrogens is 340 g/mol. The Morgan fingerprint density at radius 1 is 1.44 bits per heavy atom. The smallest absolute Gasteiger partial charge is 0.408 e. The first-order chi connectivity index (χ1) is 12.1. The Kier molecular flexibility index (Phi) is 3.10. The fraction of sp³-hybridized carbons (Fsp3) is 0.312. The Morgan fingerprint density at radius 3 is 3.20 bits per heavy atom. The normalized spacial score (nSPS) is 18.8. The summed E-state index contributed by atoms with van der Waals surface area (Å²) in [5, 5.41) is 2.98. The number of nitrogens with zero attached hydrogens (tertiary/aromatic N) is 4. The molecule has 25 heavy (non-hydrogen) atoms. The number of hydrazine groups is 1. The number of benzene rings is 1. The zero-order chi connectivity index (χ0) is 17.1. The fourth-order valence-corrected chi connectivity index (χ4v) is 4.54. The molecule has 4 heterocycles. The first kappa shape index (κ1) is 14.8. The molecular formula is C16H16N6O2S. The van der Waals surface area contributed by atoms with E-state index in [9.17, 15) is 4.79 Å². The van der Waals surface area contributed by atoms with Crippen molar-refractivity contribution >= 4 is 34.6 Å². The summed E-state index contributed by atoms with van der Waals surface area (Å²) >= 11 is 1.73. The van der Waals surface area contributed by atoms with Crippen LogP contribution in [0.5, 0.6) is 0 Å². The average Bonchev–Trinajstić information content (AvgIpc) is 3.07. The van der Waals surface area contributed by atoms with Crippen LogP contribution in [0.25, 0.3) is 11.1 Å². The molecule has 5 rings (SSSR count). The van der Waals surface area contributed by atoms with E-state index in [0.717, 1.165) is 39.7 Å². The van der Waals surface area contributed by atoms with E-state index >= 15 is 0 Å². The number of hydrogen-bond acceptors (Lipinski definition) is 8. The van der Waals surface area contributed by atoms with E-state index in [4.69, 9.17) is 10.2 Å². The van der Waals surface area contributed by atoms with Gasteiger partial charge >= 0.3 is 5.76 Å². The fourth-order valence-electron chi connectivity index (χ4n) is 3.45. The molecule has 3 aromatic rings. The van der Waals surface area contributed by atoms with Crippen LogP contribution in [-0.2, 0) is 13.6 Å². The van der Waals surface area contributed by atoms with Crippen molar-refractivity contribution in [3.63, 3.8) is 0 Å². The number of thioether (sulfide) groups is 1. The van der Waals surface area contributed by atoms with Crippen LogP contribution in [0, 0.1) is 0 Å². The number of nitrogens with two attached hydrogens (primary N) is 1. The molecule has 128 valence electrons. The summed E-state index contributed by atoms with van der Waals surface area (Å²) in [6.07, 6.45) is 1.03. The van der Waals surface area contributed by atoms with E-state index in [-0.39, 0.29) is 11.8 Å². The van der Waals surface area contributed by atoms with Crippen molar-refractivity contribution in [1.29, 1.82) is 0 Å². The lowest BCUT2D eigenvalue weighted by atomic mass is 10.1. The van der Waals surface area contributed by atoms with Gasteiger partial charge in [0.05, 0.1) is 18.1 Å². The van der Waals surface area contributed by atoms with Gasteiger partial charge in [-0.25, -0.2) is 15.2 Å². The van der Waals surface area contributed by atoms with Gasteiger partial charge in [0.1, 0.15) is 5.03 Å². The zero-order valence-corrected chi connectivity index (χ0v) is 14.3. The number of aryl methyl sites for hydroxylation is 1. The second kappa shape index (κ2) is 5.24. The number of fused-ring (bicyclic) bond motifs is 1. The third-order valence-corrected chi connectivity index (χ3v) is 5.69. The van der Waals surface area contributed by atoms with Crippen molar-refractivity contribution in [3.8, 4) is 0 Å². The summed E-state index contributed by atoms with van der Waals surface area (Å²) in [6, 6.07) is 6.01. The number of aromatic nitrogens is 3. The van der Waals surface area contributed by atoms with Crippen LogP contribution in [0.4, 0.5) is 11.8 Å². The highest BCUT2D eigenvalue weighted by atomic mass is 32.2. The highest BCUT2D eigenvalue weighted by Crippen LogP contribution is 2.44. The summed E-state index contributed by atoms with van der Waals surface area (Å²) < 4.78 is 6.78. The lowest BCUT2D eigenvalue weighted by molar-refractivity contribution is 0.520. The molecule has 2 aliphatic rings. The van der Waals surface area contributed by atoms with E-state index in [1.807, 2.05) is 23.2 Å². The highest BCUT2D eigenvalue weighted by molar-refractivity contribution is 7.99. The predicted octanol–water partition coefficient (Wildman–Crippen LogP) is 1.57. The molecule has 0 radical (unpaired) electrons. The molecule has 8 nitrogen and oxygen atoms in total. The number of hydrogen-bond donors (Lipinski definition) is 2. The monoisotopic (exact) mass is 356 g/mol. The van der Waals surface area contributed by atoms with Gasteiger partial charge in [-0.2, -0.15) is 4.98 Å². The number of rotatable bonds is 2. The first-order valence-electron chi connectivity index (χ1n) is 8.02. The maximum atomic E-state index is 11.7. The van der Waals surface area contributed by atoms with Gasteiger partial charge in [0.2, 0.25) is 5.95 Å². The zero-order valence-electron chi connectivity index (χ0n) is 13.5. The lowest BCUT2D eigenvalue weighted by Crippen LogP contribution is -2.34. The quantitative estimate of drug-likeness (QED) is 0.667. The molecule has 0 saturated heterocycles. The molecule has 0 fully saturated rings. The van der Waals surface area contributed by atoms with Crippen molar-refractivity contribution < 1.29 is 4.42 Å². The summed E-state index contributed by atoms with van der Waals surface area (Å²) in [4.78, 5) is 20.5. The molecule has 9 heteroatoms. The van der Waals surface area contributed by atoms with Crippen molar-refractivity contribution in [2.75, 3.05) is 16.5 Å². The van der Waals surface area contributed by atoms with Crippen LogP contribution >= 0.6 is 11.8 Å². The van der Waals surface area contributed by atoms with Gasteiger partial charge in [-0.15, -0.1) is 11.8 Å². The highest BCUT2D eigenvalue weighted by Gasteiger charge is 2.36. The third-order valence-electron chi connectivity index (χ3n) is 4.67. The van der Waals surface area contributed by atoms with Crippen LogP contribution in [-0.4, -0.2) is 20.3 Å². The van der Waals surface area contributed by atoms with Crippen molar-refractivity contribution in [2.24, 2.45) is 7.05 Å². The molecule has 1 unspecified atom stereocenters. The molecule has 0 spiro atoms. The van der Waals surface area contributed by atoms with Gasteiger partial charge in [-0.1, -0.05) is 6.07 Å². The Bertz CT molecular complexity index is 1060. The van der Waals surface area contributed by atoms with E-state index in [2.05, 4.69) is 15.4 Å². The molecule has 0 amide bonds. The Morgan fingerprint density at radius 2 is 2.32 bits per heavy atom. The second-order valence-corrected chi connectivity index (χ2v) is 7.34. The molecule has 0 aliphatic carbocycles. The van der Waals surface area contributed by atoms with Gasteiger partial charge in [0.15, 0.2) is 11.4 Å². The standard InChI is InChI=1S/C16H16N6O2S/c1-21-10-3-2-8(6-11(10)24-16(21)23)7-22-13-12-9(20-22)4-5-25-14(12)19-15(17)18-13/h2-3,6,9,20H,4-5,7H2,1H3,(H2,17,18,19). The first-order valence-corrected chi connectivity index (χ1v) is 9.01. The minimum absolute atomic E-state index is 0.227. The van der Waals surface area contributed by atoms with Gasteiger partial charge in [-0.05, 0) is 24.1 Å². The summed E-state index contributed by atoms with van der Waals surface area (Å²) in [5.41, 5.74) is 12.9. The minimum atomic E-state index is -0.357. The van der Waals surface area contributed by atoms with Crippen LogP contribution < -0.4 is 21.9 Å². The van der Waals surface area contributed by atoms with E-state index in [1.165, 1.54) is 4.57 Å². The SMILES string of the molecule is Cn1c(=O)oc2cc(CN3NC4CCSc5nc(N)nc3c54)ccc21. The molecule has 1 aromatic carbocycles. The third kappa shape index (κ3) is 2.23. The minimum Gasteiger partial charge on any atom is -0.408 e. The van der Waals surface area contributed by atoms with Crippen molar-refractivity contribution in [1.82, 2.24) is 20.0 Å². The van der Waals surface area contributed by atoms with E-state index in [0.29, 0.717) is 18.1 Å². The van der Waals surface area contributed by atoms with E-state index in [1.54, 1.807) is 18.8 Å². The largest absolute Gasteiger partial charge is 0.419 e. The Balaban J connectivity index is 1.53. The van der Waals surface area contributed by atoms with Gasteiger partial charge in [0.25, 0.3) is 0 Å². The number of oxazole rings is 1. The topological polar surface area (TPSA) is 102 Å². The average molecular weight is 356 g/mol. The van der Waals surface area contributed by atoms with Gasteiger partial charge < -0.3 is 10.2 Å². The Hall–Kier alpha value is -2.52. The van der Waals surface area contributed by atoms with Gasteiger partial charge in [0, 0.05) is 18.4 Å². The maximum Gasteiger partial charge on any atom is 0.419 e. The number of anilines is 2. The van der Waals surface area contributed by atoms with Crippen LogP contribution in [0.1, 0.15) is 23.6 Å². The number of nitrogens with one attached hydrogen (secondary N) is 1.